The quantitative estimate of drug-likeness (QED) is 0.788. The Bertz CT molecular complexity index is 352. The van der Waals surface area contributed by atoms with Crippen LogP contribution in [-0.4, -0.2) is 29.4 Å². The Labute approximate surface area is 107 Å². The SMILES string of the molecule is S=C(NCc1ccccn1)NCC1CCCO1. The third-order valence-corrected chi connectivity index (χ3v) is 2.96. The van der Waals surface area contributed by atoms with E-state index in [1.807, 2.05) is 18.2 Å². The Kier molecular flexibility index (Phi) is 4.70. The predicted octanol–water partition coefficient (Wildman–Crippen LogP) is 1.22. The molecule has 0 aliphatic carbocycles. The van der Waals surface area contributed by atoms with Gasteiger partial charge < -0.3 is 15.4 Å². The van der Waals surface area contributed by atoms with Gasteiger partial charge in [0.25, 0.3) is 0 Å². The first-order valence-electron chi connectivity index (χ1n) is 5.88. The lowest BCUT2D eigenvalue weighted by Gasteiger charge is -2.13. The molecule has 1 aliphatic rings. The van der Waals surface area contributed by atoms with Gasteiger partial charge in [-0.3, -0.25) is 4.98 Å². The minimum absolute atomic E-state index is 0.310. The zero-order valence-electron chi connectivity index (χ0n) is 9.69. The number of ether oxygens (including phenoxy) is 1. The topological polar surface area (TPSA) is 46.2 Å². The zero-order chi connectivity index (χ0) is 11.9. The average Bonchev–Trinajstić information content (AvgIpc) is 2.88. The molecule has 0 radical (unpaired) electrons. The van der Waals surface area contributed by atoms with Crippen molar-refractivity contribution in [3.8, 4) is 0 Å². The second-order valence-corrected chi connectivity index (χ2v) is 4.43. The van der Waals surface area contributed by atoms with Gasteiger partial charge in [-0.25, -0.2) is 0 Å². The molecular formula is C12H17N3OS. The summed E-state index contributed by atoms with van der Waals surface area (Å²) in [6.45, 7) is 2.31. The van der Waals surface area contributed by atoms with Crippen LogP contribution in [0.5, 0.6) is 0 Å². The molecule has 1 fully saturated rings. The molecule has 2 heterocycles. The third-order valence-electron chi connectivity index (χ3n) is 2.67. The van der Waals surface area contributed by atoms with Crippen molar-refractivity contribution in [1.82, 2.24) is 15.6 Å². The van der Waals surface area contributed by atoms with Gasteiger partial charge >= 0.3 is 0 Å². The smallest absolute Gasteiger partial charge is 0.166 e. The fourth-order valence-electron chi connectivity index (χ4n) is 1.75. The van der Waals surface area contributed by atoms with E-state index in [1.165, 1.54) is 0 Å². The number of aromatic nitrogens is 1. The molecule has 1 aromatic heterocycles. The van der Waals surface area contributed by atoms with Crippen LogP contribution in [0.2, 0.25) is 0 Å². The lowest BCUT2D eigenvalue weighted by molar-refractivity contribution is 0.114. The van der Waals surface area contributed by atoms with E-state index in [-0.39, 0.29) is 0 Å². The standard InChI is InChI=1S/C12H17N3OS/c17-12(15-9-11-5-3-7-16-11)14-8-10-4-1-2-6-13-10/h1-2,4,6,11H,3,5,7-9H2,(H2,14,15,17). The van der Waals surface area contributed by atoms with Gasteiger partial charge in [0.2, 0.25) is 0 Å². The molecule has 17 heavy (non-hydrogen) atoms. The van der Waals surface area contributed by atoms with Crippen molar-refractivity contribution >= 4 is 17.3 Å². The lowest BCUT2D eigenvalue weighted by atomic mass is 10.2. The van der Waals surface area contributed by atoms with Crippen LogP contribution in [0, 0.1) is 0 Å². The van der Waals surface area contributed by atoms with Gasteiger partial charge in [0, 0.05) is 19.3 Å². The summed E-state index contributed by atoms with van der Waals surface area (Å²) in [6.07, 6.45) is 4.36. The maximum Gasteiger partial charge on any atom is 0.166 e. The number of nitrogens with zero attached hydrogens (tertiary/aromatic N) is 1. The summed E-state index contributed by atoms with van der Waals surface area (Å²) in [5.41, 5.74) is 0.980. The molecule has 1 atom stereocenters. The molecule has 0 spiro atoms. The summed E-state index contributed by atoms with van der Waals surface area (Å²) in [5.74, 6) is 0. The highest BCUT2D eigenvalue weighted by Gasteiger charge is 2.14. The third kappa shape index (κ3) is 4.28. The van der Waals surface area contributed by atoms with Crippen molar-refractivity contribution in [1.29, 1.82) is 0 Å². The summed E-state index contributed by atoms with van der Waals surface area (Å²) in [5, 5.41) is 6.95. The van der Waals surface area contributed by atoms with Crippen LogP contribution >= 0.6 is 12.2 Å². The highest BCUT2D eigenvalue weighted by Crippen LogP contribution is 2.10. The number of rotatable bonds is 4. The molecule has 2 rings (SSSR count). The van der Waals surface area contributed by atoms with Crippen molar-refractivity contribution in [2.45, 2.75) is 25.5 Å². The average molecular weight is 251 g/mol. The summed E-state index contributed by atoms with van der Waals surface area (Å²) >= 11 is 5.18. The molecule has 0 bridgehead atoms. The maximum absolute atomic E-state index is 5.50. The number of pyridine rings is 1. The summed E-state index contributed by atoms with van der Waals surface area (Å²) in [7, 11) is 0. The van der Waals surface area contributed by atoms with E-state index < -0.39 is 0 Å². The van der Waals surface area contributed by atoms with Crippen molar-refractivity contribution in [2.24, 2.45) is 0 Å². The molecule has 0 aromatic carbocycles. The van der Waals surface area contributed by atoms with Crippen molar-refractivity contribution in [3.63, 3.8) is 0 Å². The molecule has 4 nitrogen and oxygen atoms in total. The highest BCUT2D eigenvalue weighted by molar-refractivity contribution is 7.80. The van der Waals surface area contributed by atoms with E-state index in [1.54, 1.807) is 6.20 Å². The van der Waals surface area contributed by atoms with Gasteiger partial charge in [-0.05, 0) is 37.2 Å². The van der Waals surface area contributed by atoms with Crippen LogP contribution in [-0.2, 0) is 11.3 Å². The van der Waals surface area contributed by atoms with E-state index in [2.05, 4.69) is 15.6 Å². The van der Waals surface area contributed by atoms with Crippen LogP contribution in [0.3, 0.4) is 0 Å². The Hall–Kier alpha value is -1.20. The van der Waals surface area contributed by atoms with Crippen molar-refractivity contribution in [2.75, 3.05) is 13.2 Å². The first kappa shape index (κ1) is 12.3. The van der Waals surface area contributed by atoms with E-state index in [4.69, 9.17) is 17.0 Å². The van der Waals surface area contributed by atoms with E-state index in [0.29, 0.717) is 17.8 Å². The Morgan fingerprint density at radius 1 is 1.47 bits per heavy atom. The molecule has 1 aliphatic heterocycles. The molecule has 1 saturated heterocycles. The lowest BCUT2D eigenvalue weighted by Crippen LogP contribution is -2.39. The minimum atomic E-state index is 0.310. The summed E-state index contributed by atoms with van der Waals surface area (Å²) in [4.78, 5) is 4.21. The number of hydrogen-bond acceptors (Lipinski definition) is 3. The zero-order valence-corrected chi connectivity index (χ0v) is 10.5. The normalized spacial score (nSPS) is 18.9. The monoisotopic (exact) mass is 251 g/mol. The van der Waals surface area contributed by atoms with Crippen LogP contribution < -0.4 is 10.6 Å². The van der Waals surface area contributed by atoms with Gasteiger partial charge in [0.05, 0.1) is 18.3 Å². The first-order chi connectivity index (χ1) is 8.34. The number of nitrogens with one attached hydrogen (secondary N) is 2. The number of hydrogen-bond donors (Lipinski definition) is 2. The molecule has 92 valence electrons. The van der Waals surface area contributed by atoms with E-state index >= 15 is 0 Å². The van der Waals surface area contributed by atoms with Crippen LogP contribution in [0.25, 0.3) is 0 Å². The molecule has 0 amide bonds. The van der Waals surface area contributed by atoms with Gasteiger partial charge in [0.15, 0.2) is 5.11 Å². The summed E-state index contributed by atoms with van der Waals surface area (Å²) in [6, 6.07) is 5.83. The van der Waals surface area contributed by atoms with Gasteiger partial charge in [-0.2, -0.15) is 0 Å². The van der Waals surface area contributed by atoms with Crippen LogP contribution in [0.15, 0.2) is 24.4 Å². The minimum Gasteiger partial charge on any atom is -0.376 e. The Morgan fingerprint density at radius 2 is 2.41 bits per heavy atom. The van der Waals surface area contributed by atoms with Gasteiger partial charge in [0.1, 0.15) is 0 Å². The van der Waals surface area contributed by atoms with E-state index in [9.17, 15) is 0 Å². The molecule has 2 N–H and O–H groups in total. The molecule has 0 saturated carbocycles. The second kappa shape index (κ2) is 6.51. The molecule has 1 aromatic rings. The van der Waals surface area contributed by atoms with Crippen molar-refractivity contribution < 1.29 is 4.74 Å². The Morgan fingerprint density at radius 3 is 3.12 bits per heavy atom. The molecule has 1 unspecified atom stereocenters. The van der Waals surface area contributed by atoms with Gasteiger partial charge in [-0.1, -0.05) is 6.07 Å². The Balaban J connectivity index is 1.64. The predicted molar refractivity (Wildman–Crippen MR) is 70.7 cm³/mol. The fourth-order valence-corrected chi connectivity index (χ4v) is 1.90. The molecule has 5 heteroatoms. The van der Waals surface area contributed by atoms with Gasteiger partial charge in [-0.15, -0.1) is 0 Å². The fraction of sp³-hybridized carbons (Fsp3) is 0.500. The highest BCUT2D eigenvalue weighted by atomic mass is 32.1. The molecular weight excluding hydrogens is 234 g/mol. The number of thiocarbonyl (C=S) groups is 1. The van der Waals surface area contributed by atoms with Crippen LogP contribution in [0.1, 0.15) is 18.5 Å². The van der Waals surface area contributed by atoms with Crippen molar-refractivity contribution in [3.05, 3.63) is 30.1 Å². The van der Waals surface area contributed by atoms with E-state index in [0.717, 1.165) is 31.7 Å². The maximum atomic E-state index is 5.50. The first-order valence-corrected chi connectivity index (χ1v) is 6.28. The summed E-state index contributed by atoms with van der Waals surface area (Å²) < 4.78 is 5.50. The largest absolute Gasteiger partial charge is 0.376 e. The second-order valence-electron chi connectivity index (χ2n) is 4.02. The van der Waals surface area contributed by atoms with Crippen LogP contribution in [0.4, 0.5) is 0 Å².